The van der Waals surface area contributed by atoms with Crippen LogP contribution in [0.25, 0.3) is 21.5 Å². The fourth-order valence-electron chi connectivity index (χ4n) is 2.29. The molecule has 0 aliphatic heterocycles. The standard InChI is InChI=1S/C16H10F2O3/c1-20-16(19)21-15-12-6-5-11(17)8-10(12)7-9-3-2-4-13(18)14(9)15/h2-8H,1H3. The van der Waals surface area contributed by atoms with Crippen molar-refractivity contribution in [2.45, 2.75) is 0 Å². The van der Waals surface area contributed by atoms with Gasteiger partial charge in [0.25, 0.3) is 0 Å². The molecule has 0 aliphatic carbocycles. The lowest BCUT2D eigenvalue weighted by Gasteiger charge is -2.11. The van der Waals surface area contributed by atoms with E-state index in [9.17, 15) is 13.6 Å². The van der Waals surface area contributed by atoms with E-state index in [1.54, 1.807) is 12.1 Å². The zero-order valence-electron chi connectivity index (χ0n) is 11.0. The van der Waals surface area contributed by atoms with Crippen LogP contribution in [0, 0.1) is 11.6 Å². The Kier molecular flexibility index (Phi) is 3.17. The van der Waals surface area contributed by atoms with Gasteiger partial charge in [-0.05, 0) is 41.1 Å². The quantitative estimate of drug-likeness (QED) is 0.378. The molecule has 0 heterocycles. The Balaban J connectivity index is 2.42. The molecule has 5 heteroatoms. The highest BCUT2D eigenvalue weighted by atomic mass is 19.1. The van der Waals surface area contributed by atoms with Gasteiger partial charge in [-0.25, -0.2) is 13.6 Å². The van der Waals surface area contributed by atoms with Gasteiger partial charge in [0.1, 0.15) is 11.6 Å². The van der Waals surface area contributed by atoms with Crippen LogP contribution in [0.5, 0.6) is 5.75 Å². The van der Waals surface area contributed by atoms with E-state index in [2.05, 4.69) is 4.74 Å². The number of fused-ring (bicyclic) bond motifs is 2. The van der Waals surface area contributed by atoms with Gasteiger partial charge in [0.15, 0.2) is 5.75 Å². The summed E-state index contributed by atoms with van der Waals surface area (Å²) in [5.41, 5.74) is 0. The lowest BCUT2D eigenvalue weighted by Crippen LogP contribution is -2.08. The van der Waals surface area contributed by atoms with Gasteiger partial charge in [-0.1, -0.05) is 12.1 Å². The number of hydrogen-bond acceptors (Lipinski definition) is 3. The molecule has 0 atom stereocenters. The topological polar surface area (TPSA) is 35.5 Å². The van der Waals surface area contributed by atoms with Gasteiger partial charge in [-0.3, -0.25) is 0 Å². The summed E-state index contributed by atoms with van der Waals surface area (Å²) >= 11 is 0. The smallest absolute Gasteiger partial charge is 0.437 e. The van der Waals surface area contributed by atoms with E-state index in [1.807, 2.05) is 0 Å². The zero-order valence-corrected chi connectivity index (χ0v) is 11.0. The molecule has 0 aliphatic rings. The molecule has 3 rings (SSSR count). The van der Waals surface area contributed by atoms with Gasteiger partial charge in [0.05, 0.1) is 12.5 Å². The number of ether oxygens (including phenoxy) is 2. The van der Waals surface area contributed by atoms with Crippen molar-refractivity contribution in [1.82, 2.24) is 0 Å². The Morgan fingerprint density at radius 1 is 1.05 bits per heavy atom. The average molecular weight is 288 g/mol. The van der Waals surface area contributed by atoms with Gasteiger partial charge in [-0.15, -0.1) is 0 Å². The molecule has 0 bridgehead atoms. The van der Waals surface area contributed by atoms with Crippen LogP contribution in [0.2, 0.25) is 0 Å². The lowest BCUT2D eigenvalue weighted by atomic mass is 10.0. The fourth-order valence-corrected chi connectivity index (χ4v) is 2.29. The molecule has 0 N–H and O–H groups in total. The third-order valence-electron chi connectivity index (χ3n) is 3.19. The predicted molar refractivity (Wildman–Crippen MR) is 74.4 cm³/mol. The van der Waals surface area contributed by atoms with Crippen molar-refractivity contribution in [2.24, 2.45) is 0 Å². The van der Waals surface area contributed by atoms with E-state index in [1.165, 1.54) is 30.3 Å². The normalized spacial score (nSPS) is 10.8. The molecule has 21 heavy (non-hydrogen) atoms. The molecule has 3 aromatic rings. The highest BCUT2D eigenvalue weighted by Gasteiger charge is 2.16. The number of rotatable bonds is 1. The van der Waals surface area contributed by atoms with Crippen molar-refractivity contribution >= 4 is 27.7 Å². The molecule has 0 unspecified atom stereocenters. The summed E-state index contributed by atoms with van der Waals surface area (Å²) in [5, 5.41) is 1.60. The maximum Gasteiger partial charge on any atom is 0.513 e. The number of carbonyl (C=O) groups excluding carboxylic acids is 1. The zero-order chi connectivity index (χ0) is 15.0. The van der Waals surface area contributed by atoms with Crippen molar-refractivity contribution < 1.29 is 23.0 Å². The number of methoxy groups -OCH3 is 1. The molecule has 106 valence electrons. The van der Waals surface area contributed by atoms with Crippen molar-refractivity contribution in [2.75, 3.05) is 7.11 Å². The minimum Gasteiger partial charge on any atom is -0.437 e. The molecule has 3 aromatic carbocycles. The summed E-state index contributed by atoms with van der Waals surface area (Å²) in [6.07, 6.45) is -0.962. The van der Waals surface area contributed by atoms with Gasteiger partial charge in [-0.2, -0.15) is 0 Å². The second-order valence-corrected chi connectivity index (χ2v) is 4.47. The second-order valence-electron chi connectivity index (χ2n) is 4.47. The van der Waals surface area contributed by atoms with Crippen LogP contribution in [0.4, 0.5) is 13.6 Å². The van der Waals surface area contributed by atoms with E-state index in [4.69, 9.17) is 4.74 Å². The molecule has 3 nitrogen and oxygen atoms in total. The molecule has 0 fully saturated rings. The Labute approximate surface area is 118 Å². The van der Waals surface area contributed by atoms with Crippen LogP contribution in [-0.4, -0.2) is 13.3 Å². The molecule has 0 spiro atoms. The summed E-state index contributed by atoms with van der Waals surface area (Å²) < 4.78 is 37.0. The van der Waals surface area contributed by atoms with Crippen LogP contribution in [0.1, 0.15) is 0 Å². The minimum absolute atomic E-state index is 0.0208. The van der Waals surface area contributed by atoms with E-state index in [0.29, 0.717) is 16.2 Å². The Hall–Kier alpha value is -2.69. The van der Waals surface area contributed by atoms with Gasteiger partial charge >= 0.3 is 6.16 Å². The van der Waals surface area contributed by atoms with Crippen molar-refractivity contribution in [1.29, 1.82) is 0 Å². The van der Waals surface area contributed by atoms with E-state index in [-0.39, 0.29) is 11.1 Å². The Morgan fingerprint density at radius 2 is 1.86 bits per heavy atom. The maximum absolute atomic E-state index is 14.1. The predicted octanol–water partition coefficient (Wildman–Crippen LogP) is 4.42. The van der Waals surface area contributed by atoms with Crippen LogP contribution in [-0.2, 0) is 4.74 Å². The molecule has 0 saturated heterocycles. The second kappa shape index (κ2) is 5.01. The van der Waals surface area contributed by atoms with Gasteiger partial charge in [0, 0.05) is 5.39 Å². The average Bonchev–Trinajstić information content (AvgIpc) is 2.46. The minimum atomic E-state index is -0.962. The van der Waals surface area contributed by atoms with E-state index < -0.39 is 17.8 Å². The van der Waals surface area contributed by atoms with Gasteiger partial charge < -0.3 is 9.47 Å². The van der Waals surface area contributed by atoms with E-state index >= 15 is 0 Å². The number of hydrogen-bond donors (Lipinski definition) is 0. The van der Waals surface area contributed by atoms with E-state index in [0.717, 1.165) is 7.11 Å². The van der Waals surface area contributed by atoms with Crippen LogP contribution < -0.4 is 4.74 Å². The lowest BCUT2D eigenvalue weighted by molar-refractivity contribution is 0.122. The first-order valence-electron chi connectivity index (χ1n) is 6.16. The third kappa shape index (κ3) is 2.27. The summed E-state index contributed by atoms with van der Waals surface area (Å²) in [5.74, 6) is -0.938. The van der Waals surface area contributed by atoms with Crippen LogP contribution >= 0.6 is 0 Å². The summed E-state index contributed by atoms with van der Waals surface area (Å²) in [7, 11) is 1.16. The highest BCUT2D eigenvalue weighted by molar-refractivity contribution is 6.06. The number of benzene rings is 3. The van der Waals surface area contributed by atoms with Crippen LogP contribution in [0.3, 0.4) is 0 Å². The Bertz CT molecular complexity index is 858. The first kappa shape index (κ1) is 13.3. The SMILES string of the molecule is COC(=O)Oc1c2ccc(F)cc2cc2cccc(F)c12. The van der Waals surface area contributed by atoms with Crippen LogP contribution in [0.15, 0.2) is 42.5 Å². The fraction of sp³-hybridized carbons (Fsp3) is 0.0625. The Morgan fingerprint density at radius 3 is 2.62 bits per heavy atom. The van der Waals surface area contributed by atoms with Crippen molar-refractivity contribution in [3.8, 4) is 5.75 Å². The monoisotopic (exact) mass is 288 g/mol. The molecule has 0 aromatic heterocycles. The van der Waals surface area contributed by atoms with Gasteiger partial charge in [0.2, 0.25) is 0 Å². The summed E-state index contributed by atoms with van der Waals surface area (Å²) in [6.45, 7) is 0. The first-order valence-corrected chi connectivity index (χ1v) is 6.16. The number of halogens is 2. The highest BCUT2D eigenvalue weighted by Crippen LogP contribution is 2.36. The van der Waals surface area contributed by atoms with Crippen molar-refractivity contribution in [3.05, 3.63) is 54.1 Å². The molecular formula is C16H10F2O3. The molecule has 0 radical (unpaired) electrons. The first-order chi connectivity index (χ1) is 10.1. The third-order valence-corrected chi connectivity index (χ3v) is 3.19. The maximum atomic E-state index is 14.1. The molecule has 0 amide bonds. The largest absolute Gasteiger partial charge is 0.513 e. The summed E-state index contributed by atoms with van der Waals surface area (Å²) in [4.78, 5) is 11.4. The molecule has 0 saturated carbocycles. The summed E-state index contributed by atoms with van der Waals surface area (Å²) in [6, 6.07) is 10.1. The molecular weight excluding hydrogens is 278 g/mol. The number of carbonyl (C=O) groups is 1. The van der Waals surface area contributed by atoms with Crippen molar-refractivity contribution in [3.63, 3.8) is 0 Å².